The Labute approximate surface area is 123 Å². The molecule has 0 fully saturated rings. The molecule has 0 bridgehead atoms. The van der Waals surface area contributed by atoms with Crippen LogP contribution in [-0.2, 0) is 0 Å². The van der Waals surface area contributed by atoms with E-state index in [1.54, 1.807) is 0 Å². The van der Waals surface area contributed by atoms with E-state index >= 15 is 0 Å². The van der Waals surface area contributed by atoms with Gasteiger partial charge in [-0.2, -0.15) is 0 Å². The summed E-state index contributed by atoms with van der Waals surface area (Å²) in [7, 11) is 0. The van der Waals surface area contributed by atoms with Crippen molar-refractivity contribution < 1.29 is 0 Å². The fourth-order valence-electron chi connectivity index (χ4n) is 2.56. The van der Waals surface area contributed by atoms with Gasteiger partial charge in [-0.15, -0.1) is 0 Å². The van der Waals surface area contributed by atoms with Gasteiger partial charge in [0.2, 0.25) is 0 Å². The van der Waals surface area contributed by atoms with Gasteiger partial charge in [0.1, 0.15) is 0 Å². The van der Waals surface area contributed by atoms with Crippen LogP contribution in [0.25, 0.3) is 5.57 Å². The van der Waals surface area contributed by atoms with Crippen LogP contribution in [-0.4, -0.2) is 12.3 Å². The molecule has 0 nitrogen and oxygen atoms in total. The molecule has 0 aliphatic carbocycles. The summed E-state index contributed by atoms with van der Waals surface area (Å²) in [6, 6.07) is 20.5. The van der Waals surface area contributed by atoms with E-state index in [2.05, 4.69) is 42.5 Å². The summed E-state index contributed by atoms with van der Waals surface area (Å²) in [6.07, 6.45) is 3.74. The zero-order valence-corrected chi connectivity index (χ0v) is 12.9. The van der Waals surface area contributed by atoms with Crippen molar-refractivity contribution in [2.45, 2.75) is 0 Å². The summed E-state index contributed by atoms with van der Waals surface area (Å²) in [5.74, 6) is 0. The quantitative estimate of drug-likeness (QED) is 0.663. The standard InChI is InChI=1S/C16H15Cl2P/c17-19(18,16-9-5-2-6-10-16)12-11-15(13-19)14-7-3-1-4-8-14/h1-11H,12-13H2. The first-order chi connectivity index (χ1) is 9.07. The summed E-state index contributed by atoms with van der Waals surface area (Å²) >= 11 is 13.9. The van der Waals surface area contributed by atoms with E-state index < -0.39 is 5.31 Å². The van der Waals surface area contributed by atoms with Crippen molar-refractivity contribution >= 4 is 38.7 Å². The molecule has 0 saturated carbocycles. The second kappa shape index (κ2) is 4.63. The number of benzene rings is 2. The molecule has 0 atom stereocenters. The van der Waals surface area contributed by atoms with Gasteiger partial charge in [0, 0.05) is 0 Å². The Morgan fingerprint density at radius 2 is 1.37 bits per heavy atom. The minimum absolute atomic E-state index is 0.767. The topological polar surface area (TPSA) is 0 Å². The van der Waals surface area contributed by atoms with Crippen molar-refractivity contribution in [3.63, 3.8) is 0 Å². The molecule has 0 N–H and O–H groups in total. The number of allylic oxidation sites excluding steroid dienone is 2. The first kappa shape index (κ1) is 13.2. The van der Waals surface area contributed by atoms with Crippen LogP contribution in [0.1, 0.15) is 5.56 Å². The van der Waals surface area contributed by atoms with Crippen molar-refractivity contribution in [3.05, 3.63) is 72.3 Å². The Hall–Kier alpha value is -0.810. The first-order valence-electron chi connectivity index (χ1n) is 6.32. The Morgan fingerprint density at radius 1 is 0.789 bits per heavy atom. The van der Waals surface area contributed by atoms with Crippen LogP contribution in [0, 0.1) is 0 Å². The Balaban J connectivity index is 1.95. The van der Waals surface area contributed by atoms with Crippen LogP contribution in [0.15, 0.2) is 66.7 Å². The van der Waals surface area contributed by atoms with Crippen LogP contribution >= 0.6 is 27.8 Å². The second-order valence-electron chi connectivity index (χ2n) is 5.02. The molecule has 0 radical (unpaired) electrons. The third-order valence-corrected chi connectivity index (χ3v) is 9.63. The predicted octanol–water partition coefficient (Wildman–Crippen LogP) is 5.27. The number of hydrogen-bond donors (Lipinski definition) is 0. The van der Waals surface area contributed by atoms with E-state index in [-0.39, 0.29) is 0 Å². The predicted molar refractivity (Wildman–Crippen MR) is 88.9 cm³/mol. The van der Waals surface area contributed by atoms with Crippen LogP contribution in [0.2, 0.25) is 0 Å². The first-order valence-corrected chi connectivity index (χ1v) is 10.7. The molecule has 3 heteroatoms. The van der Waals surface area contributed by atoms with E-state index in [9.17, 15) is 0 Å². The minimum atomic E-state index is -2.84. The van der Waals surface area contributed by atoms with Gasteiger partial charge < -0.3 is 0 Å². The molecular formula is C16H15Cl2P. The van der Waals surface area contributed by atoms with Gasteiger partial charge in [-0.25, -0.2) is 0 Å². The maximum atomic E-state index is 6.94. The van der Waals surface area contributed by atoms with Crippen molar-refractivity contribution in [1.82, 2.24) is 0 Å². The van der Waals surface area contributed by atoms with Crippen LogP contribution < -0.4 is 5.30 Å². The molecule has 2 aromatic rings. The van der Waals surface area contributed by atoms with Gasteiger partial charge in [-0.05, 0) is 0 Å². The van der Waals surface area contributed by atoms with E-state index in [4.69, 9.17) is 22.5 Å². The van der Waals surface area contributed by atoms with Gasteiger partial charge in [0.25, 0.3) is 0 Å². The van der Waals surface area contributed by atoms with Crippen molar-refractivity contribution in [2.75, 3.05) is 12.3 Å². The monoisotopic (exact) mass is 308 g/mol. The van der Waals surface area contributed by atoms with Crippen LogP contribution in [0.3, 0.4) is 0 Å². The van der Waals surface area contributed by atoms with Crippen molar-refractivity contribution in [3.8, 4) is 0 Å². The fraction of sp³-hybridized carbons (Fsp3) is 0.125. The van der Waals surface area contributed by atoms with Gasteiger partial charge in [0.05, 0.1) is 0 Å². The molecule has 0 saturated heterocycles. The van der Waals surface area contributed by atoms with Crippen molar-refractivity contribution in [1.29, 1.82) is 0 Å². The second-order valence-corrected chi connectivity index (χ2v) is 14.1. The average Bonchev–Trinajstić information content (AvgIpc) is 2.80. The van der Waals surface area contributed by atoms with Gasteiger partial charge >= 0.3 is 123 Å². The van der Waals surface area contributed by atoms with Crippen LogP contribution in [0.4, 0.5) is 0 Å². The van der Waals surface area contributed by atoms with E-state index in [1.165, 1.54) is 11.1 Å². The molecule has 3 rings (SSSR count). The zero-order chi connectivity index (χ0) is 13.4. The van der Waals surface area contributed by atoms with Gasteiger partial charge in [-0.3, -0.25) is 0 Å². The Morgan fingerprint density at radius 3 is 2.00 bits per heavy atom. The molecule has 0 spiro atoms. The average molecular weight is 309 g/mol. The van der Waals surface area contributed by atoms with E-state index in [0.717, 1.165) is 17.6 Å². The van der Waals surface area contributed by atoms with E-state index in [1.807, 2.05) is 24.3 Å². The molecule has 0 unspecified atom stereocenters. The summed E-state index contributed by atoms with van der Waals surface area (Å²) in [4.78, 5) is 0. The molecule has 1 aliphatic heterocycles. The zero-order valence-electron chi connectivity index (χ0n) is 10.5. The SMILES string of the molecule is ClP1(Cl)(c2ccccc2)CC=C(c2ccccc2)C1. The number of halogens is 2. The third-order valence-electron chi connectivity index (χ3n) is 3.64. The summed E-state index contributed by atoms with van der Waals surface area (Å²) < 4.78 is 0. The summed E-state index contributed by atoms with van der Waals surface area (Å²) in [5, 5.41) is -1.74. The molecular weight excluding hydrogens is 294 g/mol. The number of rotatable bonds is 2. The normalized spacial score (nSPS) is 22.2. The maximum absolute atomic E-state index is 6.94. The fourth-order valence-corrected chi connectivity index (χ4v) is 7.33. The summed E-state index contributed by atoms with van der Waals surface area (Å²) in [6.45, 7) is 0. The molecule has 0 aromatic heterocycles. The van der Waals surface area contributed by atoms with Gasteiger partial charge in [0.15, 0.2) is 0 Å². The number of hydrogen-bond acceptors (Lipinski definition) is 0. The molecule has 1 aliphatic rings. The molecule has 2 aromatic carbocycles. The van der Waals surface area contributed by atoms with Gasteiger partial charge in [-0.1, -0.05) is 0 Å². The summed E-state index contributed by atoms with van der Waals surface area (Å²) in [5.41, 5.74) is 2.50. The molecule has 19 heavy (non-hydrogen) atoms. The molecule has 1 heterocycles. The Kier molecular flexibility index (Phi) is 3.21. The van der Waals surface area contributed by atoms with E-state index in [0.29, 0.717) is 0 Å². The third kappa shape index (κ3) is 2.46. The van der Waals surface area contributed by atoms with Crippen LogP contribution in [0.5, 0.6) is 0 Å². The molecule has 98 valence electrons. The Bertz CT molecular complexity index is 618. The molecule has 0 amide bonds. The van der Waals surface area contributed by atoms with Crippen molar-refractivity contribution in [2.24, 2.45) is 0 Å².